The van der Waals surface area contributed by atoms with Crippen molar-refractivity contribution in [3.63, 3.8) is 0 Å². The number of carbonyl (C=O) groups excluding carboxylic acids is 1. The smallest absolute Gasteiger partial charge is 0.328 e. The molecule has 0 saturated carbocycles. The van der Waals surface area contributed by atoms with Gasteiger partial charge in [0.25, 0.3) is 0 Å². The molecule has 18 heavy (non-hydrogen) atoms. The number of carbonyl (C=O) groups is 2. The molecule has 0 aliphatic heterocycles. The summed E-state index contributed by atoms with van der Waals surface area (Å²) in [5.41, 5.74) is 7.71. The van der Waals surface area contributed by atoms with Crippen molar-refractivity contribution in [2.75, 3.05) is 12.8 Å². The summed E-state index contributed by atoms with van der Waals surface area (Å²) in [6, 6.07) is 5.25. The molecule has 0 atom stereocenters. The van der Waals surface area contributed by atoms with Crippen molar-refractivity contribution in [3.8, 4) is 0 Å². The zero-order valence-corrected chi connectivity index (χ0v) is 10.1. The first-order valence-corrected chi connectivity index (χ1v) is 5.39. The molecule has 96 valence electrons. The van der Waals surface area contributed by atoms with Crippen molar-refractivity contribution >= 4 is 23.7 Å². The molecule has 0 aliphatic rings. The number of esters is 1. The van der Waals surface area contributed by atoms with Gasteiger partial charge in [-0.25, -0.2) is 4.79 Å². The van der Waals surface area contributed by atoms with E-state index in [0.29, 0.717) is 17.7 Å². The topological polar surface area (TPSA) is 89.6 Å². The largest absolute Gasteiger partial charge is 0.478 e. The highest BCUT2D eigenvalue weighted by Crippen LogP contribution is 2.20. The molecule has 1 aromatic carbocycles. The summed E-state index contributed by atoms with van der Waals surface area (Å²) in [6.45, 7) is 0. The van der Waals surface area contributed by atoms with E-state index in [2.05, 4.69) is 4.74 Å². The second kappa shape index (κ2) is 6.44. The van der Waals surface area contributed by atoms with Gasteiger partial charge in [-0.15, -0.1) is 0 Å². The molecule has 0 bridgehead atoms. The predicted octanol–water partition coefficient (Wildman–Crippen LogP) is 1.47. The maximum Gasteiger partial charge on any atom is 0.328 e. The molecule has 0 aliphatic carbocycles. The monoisotopic (exact) mass is 249 g/mol. The van der Waals surface area contributed by atoms with Crippen LogP contribution in [0.5, 0.6) is 0 Å². The van der Waals surface area contributed by atoms with Crippen LogP contribution in [0.25, 0.3) is 6.08 Å². The number of carboxylic acid groups (broad SMARTS) is 1. The fourth-order valence-electron chi connectivity index (χ4n) is 1.55. The zero-order chi connectivity index (χ0) is 13.5. The summed E-state index contributed by atoms with van der Waals surface area (Å²) in [5, 5.41) is 8.61. The molecule has 5 heteroatoms. The third-order valence-corrected chi connectivity index (χ3v) is 2.45. The number of hydrogen-bond acceptors (Lipinski definition) is 4. The van der Waals surface area contributed by atoms with Gasteiger partial charge in [-0.3, -0.25) is 4.79 Å². The summed E-state index contributed by atoms with van der Waals surface area (Å²) in [6.07, 6.45) is 3.14. The first-order chi connectivity index (χ1) is 8.54. The minimum atomic E-state index is -1.04. The fraction of sp³-hybridized carbons (Fsp3) is 0.231. The summed E-state index contributed by atoms with van der Waals surface area (Å²) in [7, 11) is 1.33. The van der Waals surface area contributed by atoms with Crippen molar-refractivity contribution in [2.45, 2.75) is 12.8 Å². The van der Waals surface area contributed by atoms with Gasteiger partial charge >= 0.3 is 11.9 Å². The Kier molecular flexibility index (Phi) is 4.92. The summed E-state index contributed by atoms with van der Waals surface area (Å²) < 4.78 is 4.56. The number of nitrogen functional groups attached to an aromatic ring is 1. The molecule has 0 radical (unpaired) electrons. The number of nitrogens with two attached hydrogens (primary N) is 1. The van der Waals surface area contributed by atoms with Crippen LogP contribution in [0, 0.1) is 0 Å². The Morgan fingerprint density at radius 1 is 1.44 bits per heavy atom. The van der Waals surface area contributed by atoms with E-state index in [-0.39, 0.29) is 12.4 Å². The number of hydrogen-bond donors (Lipinski definition) is 2. The van der Waals surface area contributed by atoms with E-state index >= 15 is 0 Å². The van der Waals surface area contributed by atoms with Crippen LogP contribution in [0.1, 0.15) is 17.5 Å². The van der Waals surface area contributed by atoms with E-state index in [9.17, 15) is 9.59 Å². The van der Waals surface area contributed by atoms with Gasteiger partial charge in [-0.2, -0.15) is 0 Å². The van der Waals surface area contributed by atoms with Crippen LogP contribution < -0.4 is 5.73 Å². The quantitative estimate of drug-likeness (QED) is 0.468. The van der Waals surface area contributed by atoms with Crippen LogP contribution >= 0.6 is 0 Å². The van der Waals surface area contributed by atoms with E-state index in [1.807, 2.05) is 0 Å². The number of benzene rings is 1. The van der Waals surface area contributed by atoms with Crippen molar-refractivity contribution < 1.29 is 19.4 Å². The van der Waals surface area contributed by atoms with Gasteiger partial charge < -0.3 is 15.6 Å². The first kappa shape index (κ1) is 13.8. The molecule has 0 spiro atoms. The minimum Gasteiger partial charge on any atom is -0.478 e. The van der Waals surface area contributed by atoms with Crippen LogP contribution in [0.15, 0.2) is 24.3 Å². The molecule has 0 saturated heterocycles. The van der Waals surface area contributed by atoms with Gasteiger partial charge in [0.2, 0.25) is 0 Å². The lowest BCUT2D eigenvalue weighted by Crippen LogP contribution is -2.04. The molecular formula is C13H15NO4. The van der Waals surface area contributed by atoms with Crippen LogP contribution in [0.3, 0.4) is 0 Å². The minimum absolute atomic E-state index is 0.230. The highest BCUT2D eigenvalue weighted by atomic mass is 16.5. The van der Waals surface area contributed by atoms with Gasteiger partial charge in [0.05, 0.1) is 7.11 Å². The summed E-state index contributed by atoms with van der Waals surface area (Å²) in [5.74, 6) is -1.36. The molecule has 1 aromatic rings. The van der Waals surface area contributed by atoms with Gasteiger partial charge in [-0.1, -0.05) is 12.1 Å². The first-order valence-electron chi connectivity index (χ1n) is 5.39. The lowest BCUT2D eigenvalue weighted by atomic mass is 10.0. The molecule has 0 amide bonds. The van der Waals surface area contributed by atoms with Crippen molar-refractivity contribution in [1.29, 1.82) is 0 Å². The highest BCUT2D eigenvalue weighted by molar-refractivity contribution is 5.87. The molecule has 0 heterocycles. The maximum atomic E-state index is 11.1. The Hall–Kier alpha value is -2.30. The standard InChI is InChI=1S/C13H15NO4/c1-18-13(17)8-5-9-3-2-4-11(14)10(9)6-7-12(15)16/h2-4,6-7H,5,8,14H2,1H3,(H,15,16). The Morgan fingerprint density at radius 3 is 2.78 bits per heavy atom. The Bertz CT molecular complexity index is 480. The van der Waals surface area contributed by atoms with Crippen LogP contribution in [0.4, 0.5) is 5.69 Å². The van der Waals surface area contributed by atoms with Crippen LogP contribution in [-0.4, -0.2) is 24.2 Å². The number of anilines is 1. The third-order valence-electron chi connectivity index (χ3n) is 2.45. The lowest BCUT2D eigenvalue weighted by molar-refractivity contribution is -0.140. The summed E-state index contributed by atoms with van der Waals surface area (Å²) in [4.78, 5) is 21.6. The second-order valence-corrected chi connectivity index (χ2v) is 3.67. The second-order valence-electron chi connectivity index (χ2n) is 3.67. The number of rotatable bonds is 5. The lowest BCUT2D eigenvalue weighted by Gasteiger charge is -2.08. The molecule has 1 rings (SSSR count). The molecule has 3 N–H and O–H groups in total. The fourth-order valence-corrected chi connectivity index (χ4v) is 1.55. The van der Waals surface area contributed by atoms with Gasteiger partial charge in [0.15, 0.2) is 0 Å². The predicted molar refractivity (Wildman–Crippen MR) is 67.9 cm³/mol. The Labute approximate surface area is 105 Å². The number of aryl methyl sites for hydroxylation is 1. The molecule has 0 fully saturated rings. The Balaban J connectivity index is 2.93. The van der Waals surface area contributed by atoms with Crippen molar-refractivity contribution in [2.24, 2.45) is 0 Å². The molecular weight excluding hydrogens is 234 g/mol. The van der Waals surface area contributed by atoms with E-state index in [4.69, 9.17) is 10.8 Å². The van der Waals surface area contributed by atoms with Crippen molar-refractivity contribution in [3.05, 3.63) is 35.4 Å². The van der Waals surface area contributed by atoms with E-state index in [1.54, 1.807) is 18.2 Å². The molecule has 5 nitrogen and oxygen atoms in total. The van der Waals surface area contributed by atoms with Crippen LogP contribution in [0.2, 0.25) is 0 Å². The molecule has 0 unspecified atom stereocenters. The zero-order valence-electron chi connectivity index (χ0n) is 10.1. The number of ether oxygens (including phenoxy) is 1. The SMILES string of the molecule is COC(=O)CCc1cccc(N)c1C=CC(=O)O. The van der Waals surface area contributed by atoms with E-state index in [0.717, 1.165) is 11.6 Å². The number of methoxy groups -OCH3 is 1. The average Bonchev–Trinajstić information content (AvgIpc) is 2.34. The normalized spacial score (nSPS) is 10.5. The van der Waals surface area contributed by atoms with Gasteiger partial charge in [0.1, 0.15) is 0 Å². The number of aliphatic carboxylic acids is 1. The van der Waals surface area contributed by atoms with E-state index in [1.165, 1.54) is 13.2 Å². The molecule has 0 aromatic heterocycles. The summed E-state index contributed by atoms with van der Waals surface area (Å²) >= 11 is 0. The van der Waals surface area contributed by atoms with Gasteiger partial charge in [0, 0.05) is 23.7 Å². The average molecular weight is 249 g/mol. The van der Waals surface area contributed by atoms with Crippen LogP contribution in [-0.2, 0) is 20.7 Å². The third kappa shape index (κ3) is 3.93. The highest BCUT2D eigenvalue weighted by Gasteiger charge is 2.07. The maximum absolute atomic E-state index is 11.1. The van der Waals surface area contributed by atoms with Crippen molar-refractivity contribution in [1.82, 2.24) is 0 Å². The van der Waals surface area contributed by atoms with Gasteiger partial charge in [-0.05, 0) is 24.1 Å². The van der Waals surface area contributed by atoms with E-state index < -0.39 is 5.97 Å². The number of carboxylic acids is 1. The Morgan fingerprint density at radius 2 is 2.17 bits per heavy atom.